The lowest BCUT2D eigenvalue weighted by molar-refractivity contribution is 0.111. The van der Waals surface area contributed by atoms with Crippen molar-refractivity contribution >= 4 is 6.29 Å². The minimum Gasteiger partial charge on any atom is -0.296 e. The standard InChI is InChI=1S/C7H8N2O.C2H6/c1-5-3-8-6(2)9-7(5)4-10;1-2/h3-4H,1-2H3;1-2H3. The molecule has 3 nitrogen and oxygen atoms in total. The second-order valence-electron chi connectivity index (χ2n) is 2.10. The van der Waals surface area contributed by atoms with Gasteiger partial charge in [-0.05, 0) is 19.4 Å². The maximum absolute atomic E-state index is 10.3. The van der Waals surface area contributed by atoms with Gasteiger partial charge in [-0.3, -0.25) is 4.79 Å². The zero-order chi connectivity index (χ0) is 9.56. The zero-order valence-corrected chi connectivity index (χ0v) is 7.96. The van der Waals surface area contributed by atoms with E-state index >= 15 is 0 Å². The number of nitrogens with zero attached hydrogens (tertiary/aromatic N) is 2. The van der Waals surface area contributed by atoms with Crippen molar-refractivity contribution in [2.45, 2.75) is 27.7 Å². The fourth-order valence-corrected chi connectivity index (χ4v) is 0.667. The quantitative estimate of drug-likeness (QED) is 0.599. The summed E-state index contributed by atoms with van der Waals surface area (Å²) >= 11 is 0. The minimum absolute atomic E-state index is 0.479. The Morgan fingerprint density at radius 1 is 1.33 bits per heavy atom. The number of aryl methyl sites for hydroxylation is 2. The molecule has 0 aliphatic carbocycles. The van der Waals surface area contributed by atoms with Crippen molar-refractivity contribution in [3.63, 3.8) is 0 Å². The fourth-order valence-electron chi connectivity index (χ4n) is 0.667. The highest BCUT2D eigenvalue weighted by molar-refractivity contribution is 5.73. The lowest BCUT2D eigenvalue weighted by Gasteiger charge is -1.95. The molecule has 0 atom stereocenters. The molecule has 0 fully saturated rings. The molecular weight excluding hydrogens is 152 g/mol. The van der Waals surface area contributed by atoms with E-state index in [1.165, 1.54) is 0 Å². The zero-order valence-electron chi connectivity index (χ0n) is 7.96. The van der Waals surface area contributed by atoms with Crippen molar-refractivity contribution in [3.8, 4) is 0 Å². The first-order valence-corrected chi connectivity index (χ1v) is 3.99. The Balaban J connectivity index is 0.000000561. The molecule has 0 aromatic carbocycles. The van der Waals surface area contributed by atoms with Crippen LogP contribution in [0.4, 0.5) is 0 Å². The van der Waals surface area contributed by atoms with Crippen LogP contribution in [-0.2, 0) is 0 Å². The summed E-state index contributed by atoms with van der Waals surface area (Å²) in [5.41, 5.74) is 1.30. The van der Waals surface area contributed by atoms with E-state index in [1.807, 2.05) is 20.8 Å². The monoisotopic (exact) mass is 166 g/mol. The summed E-state index contributed by atoms with van der Waals surface area (Å²) in [7, 11) is 0. The molecular formula is C9H14N2O. The average molecular weight is 166 g/mol. The van der Waals surface area contributed by atoms with E-state index in [1.54, 1.807) is 13.1 Å². The largest absolute Gasteiger partial charge is 0.296 e. The van der Waals surface area contributed by atoms with Crippen LogP contribution in [0.5, 0.6) is 0 Å². The molecule has 0 saturated heterocycles. The van der Waals surface area contributed by atoms with Crippen molar-refractivity contribution in [1.82, 2.24) is 9.97 Å². The van der Waals surface area contributed by atoms with Crippen LogP contribution in [0.15, 0.2) is 6.20 Å². The molecule has 0 spiro atoms. The molecule has 0 N–H and O–H groups in total. The van der Waals surface area contributed by atoms with Crippen LogP contribution in [0.2, 0.25) is 0 Å². The van der Waals surface area contributed by atoms with Gasteiger partial charge in [0.2, 0.25) is 0 Å². The second kappa shape index (κ2) is 5.41. The van der Waals surface area contributed by atoms with Gasteiger partial charge < -0.3 is 0 Å². The Morgan fingerprint density at radius 3 is 2.33 bits per heavy atom. The molecule has 0 aliphatic heterocycles. The minimum atomic E-state index is 0.479. The molecule has 1 aromatic rings. The van der Waals surface area contributed by atoms with Gasteiger partial charge in [-0.2, -0.15) is 0 Å². The van der Waals surface area contributed by atoms with Gasteiger partial charge >= 0.3 is 0 Å². The van der Waals surface area contributed by atoms with E-state index < -0.39 is 0 Å². The van der Waals surface area contributed by atoms with Crippen LogP contribution in [-0.4, -0.2) is 16.3 Å². The molecule has 1 heterocycles. The maximum Gasteiger partial charge on any atom is 0.168 e. The third-order valence-electron chi connectivity index (χ3n) is 1.24. The lowest BCUT2D eigenvalue weighted by atomic mass is 10.3. The van der Waals surface area contributed by atoms with Crippen LogP contribution >= 0.6 is 0 Å². The van der Waals surface area contributed by atoms with Crippen molar-refractivity contribution in [1.29, 1.82) is 0 Å². The van der Waals surface area contributed by atoms with Crippen LogP contribution in [0.25, 0.3) is 0 Å². The van der Waals surface area contributed by atoms with Crippen molar-refractivity contribution in [2.24, 2.45) is 0 Å². The second-order valence-corrected chi connectivity index (χ2v) is 2.10. The lowest BCUT2D eigenvalue weighted by Crippen LogP contribution is -1.96. The molecule has 0 bridgehead atoms. The normalized spacial score (nSPS) is 8.33. The molecule has 0 amide bonds. The molecule has 1 aromatic heterocycles. The maximum atomic E-state index is 10.3. The van der Waals surface area contributed by atoms with Crippen molar-refractivity contribution < 1.29 is 4.79 Å². The van der Waals surface area contributed by atoms with Gasteiger partial charge in [-0.15, -0.1) is 0 Å². The van der Waals surface area contributed by atoms with Gasteiger partial charge in [0.1, 0.15) is 11.5 Å². The Bertz CT molecular complexity index is 259. The average Bonchev–Trinajstić information content (AvgIpc) is 2.13. The molecule has 1 rings (SSSR count). The highest BCUT2D eigenvalue weighted by Crippen LogP contribution is 1.98. The molecule has 12 heavy (non-hydrogen) atoms. The summed E-state index contributed by atoms with van der Waals surface area (Å²) in [5.74, 6) is 0.632. The number of hydrogen-bond acceptors (Lipinski definition) is 3. The van der Waals surface area contributed by atoms with Crippen LogP contribution < -0.4 is 0 Å². The number of carbonyl (C=O) groups excluding carboxylic acids is 1. The van der Waals surface area contributed by atoms with Gasteiger partial charge in [0.15, 0.2) is 6.29 Å². The SMILES string of the molecule is CC.Cc1ncc(C)c(C=O)n1. The van der Waals surface area contributed by atoms with E-state index in [0.717, 1.165) is 11.8 Å². The van der Waals surface area contributed by atoms with E-state index in [4.69, 9.17) is 0 Å². The fraction of sp³-hybridized carbons (Fsp3) is 0.444. The van der Waals surface area contributed by atoms with Crippen LogP contribution in [0, 0.1) is 13.8 Å². The van der Waals surface area contributed by atoms with Gasteiger partial charge in [0.05, 0.1) is 0 Å². The van der Waals surface area contributed by atoms with Crippen molar-refractivity contribution in [2.75, 3.05) is 0 Å². The number of rotatable bonds is 1. The predicted octanol–water partition coefficient (Wildman–Crippen LogP) is 1.93. The van der Waals surface area contributed by atoms with Gasteiger partial charge in [-0.25, -0.2) is 9.97 Å². The first-order valence-electron chi connectivity index (χ1n) is 3.99. The van der Waals surface area contributed by atoms with E-state index in [0.29, 0.717) is 11.5 Å². The van der Waals surface area contributed by atoms with Crippen molar-refractivity contribution in [3.05, 3.63) is 23.3 Å². The van der Waals surface area contributed by atoms with Gasteiger partial charge in [0.25, 0.3) is 0 Å². The van der Waals surface area contributed by atoms with E-state index in [-0.39, 0.29) is 0 Å². The van der Waals surface area contributed by atoms with E-state index in [9.17, 15) is 4.79 Å². The van der Waals surface area contributed by atoms with Gasteiger partial charge in [0, 0.05) is 6.20 Å². The topological polar surface area (TPSA) is 42.9 Å². The first kappa shape index (κ1) is 10.8. The number of aromatic nitrogens is 2. The number of aldehydes is 1. The number of hydrogen-bond donors (Lipinski definition) is 0. The molecule has 0 unspecified atom stereocenters. The first-order chi connectivity index (χ1) is 5.74. The molecule has 0 aliphatic rings. The Labute approximate surface area is 72.9 Å². The summed E-state index contributed by atoms with van der Waals surface area (Å²) in [6, 6.07) is 0. The molecule has 3 heteroatoms. The third-order valence-corrected chi connectivity index (χ3v) is 1.24. The molecule has 66 valence electrons. The van der Waals surface area contributed by atoms with Crippen LogP contribution in [0.1, 0.15) is 35.7 Å². The highest BCUT2D eigenvalue weighted by atomic mass is 16.1. The summed E-state index contributed by atoms with van der Waals surface area (Å²) in [4.78, 5) is 18.1. The van der Waals surface area contributed by atoms with Crippen LogP contribution in [0.3, 0.4) is 0 Å². The molecule has 0 saturated carbocycles. The smallest absolute Gasteiger partial charge is 0.168 e. The molecule has 0 radical (unpaired) electrons. The highest BCUT2D eigenvalue weighted by Gasteiger charge is 1.97. The predicted molar refractivity (Wildman–Crippen MR) is 48.2 cm³/mol. The summed E-state index contributed by atoms with van der Waals surface area (Å²) in [5, 5.41) is 0. The summed E-state index contributed by atoms with van der Waals surface area (Å²) in [6.45, 7) is 7.57. The third kappa shape index (κ3) is 2.78. The Kier molecular flexibility index (Phi) is 4.84. The Hall–Kier alpha value is -1.25. The van der Waals surface area contributed by atoms with Gasteiger partial charge in [-0.1, -0.05) is 13.8 Å². The number of carbonyl (C=O) groups is 1. The summed E-state index contributed by atoms with van der Waals surface area (Å²) in [6.07, 6.45) is 2.38. The Morgan fingerprint density at radius 2 is 1.92 bits per heavy atom. The van der Waals surface area contributed by atoms with E-state index in [2.05, 4.69) is 9.97 Å². The summed E-state index contributed by atoms with van der Waals surface area (Å²) < 4.78 is 0.